The minimum atomic E-state index is 0.0668. The fourth-order valence-corrected chi connectivity index (χ4v) is 2.15. The Morgan fingerprint density at radius 1 is 1.24 bits per heavy atom. The molecular formula is C14H19N3. The highest BCUT2D eigenvalue weighted by atomic mass is 15.3. The largest absolute Gasteiger partial charge is 0.330 e. The predicted octanol–water partition coefficient (Wildman–Crippen LogP) is 2.50. The first-order valence-electron chi connectivity index (χ1n) is 5.95. The van der Waals surface area contributed by atoms with Gasteiger partial charge in [0, 0.05) is 12.4 Å². The SMILES string of the molecule is CC(C)(CCN)c1ccccc1-n1cccn1. The molecule has 0 saturated heterocycles. The summed E-state index contributed by atoms with van der Waals surface area (Å²) in [6.07, 6.45) is 4.73. The highest BCUT2D eigenvalue weighted by Crippen LogP contribution is 2.30. The number of para-hydroxylation sites is 1. The molecule has 90 valence electrons. The fraction of sp³-hybridized carbons (Fsp3) is 0.357. The lowest BCUT2D eigenvalue weighted by atomic mass is 9.80. The van der Waals surface area contributed by atoms with Gasteiger partial charge < -0.3 is 5.73 Å². The summed E-state index contributed by atoms with van der Waals surface area (Å²) in [5, 5.41) is 4.31. The average molecular weight is 229 g/mol. The molecule has 3 nitrogen and oxygen atoms in total. The van der Waals surface area contributed by atoms with Crippen LogP contribution in [0.1, 0.15) is 25.8 Å². The van der Waals surface area contributed by atoms with E-state index in [1.165, 1.54) is 5.56 Å². The maximum atomic E-state index is 5.70. The first-order valence-corrected chi connectivity index (χ1v) is 5.95. The zero-order valence-corrected chi connectivity index (χ0v) is 10.4. The third-order valence-electron chi connectivity index (χ3n) is 3.15. The van der Waals surface area contributed by atoms with E-state index < -0.39 is 0 Å². The van der Waals surface area contributed by atoms with Crippen molar-refractivity contribution in [3.05, 3.63) is 48.3 Å². The molecular weight excluding hydrogens is 210 g/mol. The molecule has 2 aromatic rings. The molecule has 0 saturated carbocycles. The highest BCUT2D eigenvalue weighted by molar-refractivity contribution is 5.44. The van der Waals surface area contributed by atoms with Gasteiger partial charge in [-0.2, -0.15) is 5.10 Å². The summed E-state index contributed by atoms with van der Waals surface area (Å²) in [6, 6.07) is 10.3. The van der Waals surface area contributed by atoms with Crippen LogP contribution in [0.2, 0.25) is 0 Å². The van der Waals surface area contributed by atoms with Crippen molar-refractivity contribution < 1.29 is 0 Å². The molecule has 1 aromatic heterocycles. The van der Waals surface area contributed by atoms with Crippen LogP contribution in [0.5, 0.6) is 0 Å². The van der Waals surface area contributed by atoms with Crippen LogP contribution >= 0.6 is 0 Å². The Balaban J connectivity index is 2.48. The zero-order chi connectivity index (χ0) is 12.3. The molecule has 0 bridgehead atoms. The van der Waals surface area contributed by atoms with Crippen LogP contribution in [0.3, 0.4) is 0 Å². The molecule has 0 spiro atoms. The summed E-state index contributed by atoms with van der Waals surface area (Å²) < 4.78 is 1.91. The third kappa shape index (κ3) is 2.39. The normalized spacial score (nSPS) is 11.7. The van der Waals surface area contributed by atoms with Crippen molar-refractivity contribution >= 4 is 0 Å². The molecule has 0 aliphatic carbocycles. The van der Waals surface area contributed by atoms with Gasteiger partial charge >= 0.3 is 0 Å². The molecule has 1 heterocycles. The van der Waals surface area contributed by atoms with Crippen LogP contribution < -0.4 is 5.73 Å². The van der Waals surface area contributed by atoms with Gasteiger partial charge in [-0.15, -0.1) is 0 Å². The Labute approximate surface area is 102 Å². The van der Waals surface area contributed by atoms with Crippen molar-refractivity contribution in [2.24, 2.45) is 5.73 Å². The summed E-state index contributed by atoms with van der Waals surface area (Å²) in [5.41, 5.74) is 8.19. The molecule has 2 N–H and O–H groups in total. The highest BCUT2D eigenvalue weighted by Gasteiger charge is 2.23. The number of hydrogen-bond acceptors (Lipinski definition) is 2. The summed E-state index contributed by atoms with van der Waals surface area (Å²) in [5.74, 6) is 0. The van der Waals surface area contributed by atoms with Gasteiger partial charge in [0.15, 0.2) is 0 Å². The van der Waals surface area contributed by atoms with E-state index in [0.29, 0.717) is 6.54 Å². The maximum Gasteiger partial charge on any atom is 0.0682 e. The molecule has 0 aliphatic heterocycles. The predicted molar refractivity (Wildman–Crippen MR) is 70.3 cm³/mol. The quantitative estimate of drug-likeness (QED) is 0.875. The van der Waals surface area contributed by atoms with E-state index in [-0.39, 0.29) is 5.41 Å². The second-order valence-corrected chi connectivity index (χ2v) is 4.89. The topological polar surface area (TPSA) is 43.8 Å². The first-order chi connectivity index (χ1) is 8.15. The number of benzene rings is 1. The van der Waals surface area contributed by atoms with E-state index in [1.807, 2.05) is 23.0 Å². The van der Waals surface area contributed by atoms with Gasteiger partial charge in [0.25, 0.3) is 0 Å². The van der Waals surface area contributed by atoms with Gasteiger partial charge in [0.2, 0.25) is 0 Å². The van der Waals surface area contributed by atoms with E-state index in [9.17, 15) is 0 Å². The lowest BCUT2D eigenvalue weighted by Crippen LogP contribution is -2.23. The van der Waals surface area contributed by atoms with Crippen LogP contribution in [-0.2, 0) is 5.41 Å². The molecule has 0 amide bonds. The average Bonchev–Trinajstić information content (AvgIpc) is 2.82. The molecule has 0 fully saturated rings. The second kappa shape index (κ2) is 4.72. The molecule has 0 atom stereocenters. The zero-order valence-electron chi connectivity index (χ0n) is 10.4. The number of nitrogens with zero attached hydrogens (tertiary/aromatic N) is 2. The van der Waals surface area contributed by atoms with Crippen LogP contribution in [0.25, 0.3) is 5.69 Å². The van der Waals surface area contributed by atoms with Crippen molar-refractivity contribution in [1.29, 1.82) is 0 Å². The van der Waals surface area contributed by atoms with E-state index in [4.69, 9.17) is 5.73 Å². The van der Waals surface area contributed by atoms with Crippen molar-refractivity contribution in [3.63, 3.8) is 0 Å². The lowest BCUT2D eigenvalue weighted by molar-refractivity contribution is 0.484. The molecule has 0 radical (unpaired) electrons. The van der Waals surface area contributed by atoms with Crippen LogP contribution in [0.4, 0.5) is 0 Å². The van der Waals surface area contributed by atoms with E-state index >= 15 is 0 Å². The maximum absolute atomic E-state index is 5.70. The van der Waals surface area contributed by atoms with Crippen molar-refractivity contribution in [1.82, 2.24) is 9.78 Å². The van der Waals surface area contributed by atoms with Gasteiger partial charge in [0.05, 0.1) is 5.69 Å². The molecule has 1 aromatic carbocycles. The lowest BCUT2D eigenvalue weighted by Gasteiger charge is -2.27. The molecule has 3 heteroatoms. The van der Waals surface area contributed by atoms with Crippen molar-refractivity contribution in [2.75, 3.05) is 6.54 Å². The molecule has 17 heavy (non-hydrogen) atoms. The van der Waals surface area contributed by atoms with Crippen LogP contribution in [0.15, 0.2) is 42.7 Å². The number of rotatable bonds is 4. The van der Waals surface area contributed by atoms with Crippen molar-refractivity contribution in [2.45, 2.75) is 25.7 Å². The van der Waals surface area contributed by atoms with Gasteiger partial charge in [-0.05, 0) is 36.1 Å². The Hall–Kier alpha value is -1.61. The number of aromatic nitrogens is 2. The number of hydrogen-bond donors (Lipinski definition) is 1. The van der Waals surface area contributed by atoms with Gasteiger partial charge in [-0.1, -0.05) is 32.0 Å². The monoisotopic (exact) mass is 229 g/mol. The van der Waals surface area contributed by atoms with Gasteiger partial charge in [-0.25, -0.2) is 4.68 Å². The standard InChI is InChI=1S/C14H19N3/c1-14(2,8-9-15)12-6-3-4-7-13(12)17-11-5-10-16-17/h3-7,10-11H,8-9,15H2,1-2H3. The van der Waals surface area contributed by atoms with E-state index in [1.54, 1.807) is 6.20 Å². The number of nitrogens with two attached hydrogens (primary N) is 1. The second-order valence-electron chi connectivity index (χ2n) is 4.89. The summed E-state index contributed by atoms with van der Waals surface area (Å²) in [4.78, 5) is 0. The third-order valence-corrected chi connectivity index (χ3v) is 3.15. The Morgan fingerprint density at radius 3 is 2.65 bits per heavy atom. The van der Waals surface area contributed by atoms with Crippen molar-refractivity contribution in [3.8, 4) is 5.69 Å². The smallest absolute Gasteiger partial charge is 0.0682 e. The van der Waals surface area contributed by atoms with E-state index in [0.717, 1.165) is 12.1 Å². The first kappa shape index (κ1) is 11.9. The van der Waals surface area contributed by atoms with Gasteiger partial charge in [0.1, 0.15) is 0 Å². The fourth-order valence-electron chi connectivity index (χ4n) is 2.15. The van der Waals surface area contributed by atoms with E-state index in [2.05, 4.69) is 37.1 Å². The summed E-state index contributed by atoms with van der Waals surface area (Å²) in [6.45, 7) is 5.14. The molecule has 0 unspecified atom stereocenters. The molecule has 2 rings (SSSR count). The Bertz CT molecular complexity index is 472. The Morgan fingerprint density at radius 2 is 2.00 bits per heavy atom. The minimum Gasteiger partial charge on any atom is -0.330 e. The summed E-state index contributed by atoms with van der Waals surface area (Å²) >= 11 is 0. The minimum absolute atomic E-state index is 0.0668. The Kier molecular flexibility index (Phi) is 3.29. The van der Waals surface area contributed by atoms with Gasteiger partial charge in [-0.3, -0.25) is 0 Å². The van der Waals surface area contributed by atoms with Crippen LogP contribution in [-0.4, -0.2) is 16.3 Å². The molecule has 0 aliphatic rings. The van der Waals surface area contributed by atoms with Crippen LogP contribution in [0, 0.1) is 0 Å². The summed E-state index contributed by atoms with van der Waals surface area (Å²) in [7, 11) is 0.